The van der Waals surface area contributed by atoms with Crippen molar-refractivity contribution in [2.24, 2.45) is 0 Å². The zero-order valence-electron chi connectivity index (χ0n) is 11.5. The largest absolute Gasteiger partial charge is 0.362 e. The number of nitrogens with one attached hydrogen (secondary N) is 2. The summed E-state index contributed by atoms with van der Waals surface area (Å²) in [4.78, 5) is 12.3. The molecule has 2 rings (SSSR count). The summed E-state index contributed by atoms with van der Waals surface area (Å²) >= 11 is 29.7. The number of amides is 1. The van der Waals surface area contributed by atoms with Gasteiger partial charge in [0, 0.05) is 10.7 Å². The molecule has 23 heavy (non-hydrogen) atoms. The molecule has 122 valence electrons. The first kappa shape index (κ1) is 18.5. The molecule has 2 N–H and O–H groups in total. The molecule has 2 aromatic rings. The van der Waals surface area contributed by atoms with Crippen LogP contribution in [-0.4, -0.2) is 15.9 Å². The SMILES string of the molecule is O=C(N[C@H](Nc1ccc(Cl)cc1)C(Cl)(Cl)Cl)c1ccccc1Cl. The summed E-state index contributed by atoms with van der Waals surface area (Å²) in [7, 11) is 0. The predicted octanol–water partition coefficient (Wildman–Crippen LogP) is 5.53. The third-order valence-corrected chi connectivity index (χ3v) is 4.11. The molecule has 0 aromatic heterocycles. The van der Waals surface area contributed by atoms with Crippen molar-refractivity contribution in [3.8, 4) is 0 Å². The Morgan fingerprint density at radius 2 is 1.57 bits per heavy atom. The summed E-state index contributed by atoms with van der Waals surface area (Å²) in [6.45, 7) is 0. The van der Waals surface area contributed by atoms with Crippen LogP contribution in [0.25, 0.3) is 0 Å². The van der Waals surface area contributed by atoms with Crippen molar-refractivity contribution in [3.05, 3.63) is 64.1 Å². The van der Waals surface area contributed by atoms with E-state index in [1.54, 1.807) is 48.5 Å². The second-order valence-electron chi connectivity index (χ2n) is 4.58. The minimum Gasteiger partial charge on any atom is -0.362 e. The first-order valence-corrected chi connectivity index (χ1v) is 8.30. The van der Waals surface area contributed by atoms with E-state index in [0.29, 0.717) is 15.7 Å². The van der Waals surface area contributed by atoms with Gasteiger partial charge >= 0.3 is 0 Å². The van der Waals surface area contributed by atoms with Crippen LogP contribution in [-0.2, 0) is 0 Å². The zero-order chi connectivity index (χ0) is 17.0. The van der Waals surface area contributed by atoms with E-state index in [4.69, 9.17) is 58.0 Å². The van der Waals surface area contributed by atoms with Gasteiger partial charge in [-0.15, -0.1) is 0 Å². The van der Waals surface area contributed by atoms with Crippen LogP contribution in [0.1, 0.15) is 10.4 Å². The highest BCUT2D eigenvalue weighted by molar-refractivity contribution is 6.68. The van der Waals surface area contributed by atoms with Crippen molar-refractivity contribution in [2.75, 3.05) is 5.32 Å². The van der Waals surface area contributed by atoms with Crippen molar-refractivity contribution in [3.63, 3.8) is 0 Å². The van der Waals surface area contributed by atoms with Crippen LogP contribution >= 0.6 is 58.0 Å². The molecule has 3 nitrogen and oxygen atoms in total. The molecule has 0 saturated heterocycles. The Hall–Kier alpha value is -0.840. The molecule has 8 heteroatoms. The monoisotopic (exact) mass is 410 g/mol. The van der Waals surface area contributed by atoms with Gasteiger partial charge in [0.25, 0.3) is 5.91 Å². The Morgan fingerprint density at radius 3 is 2.13 bits per heavy atom. The third kappa shape index (κ3) is 5.33. The summed E-state index contributed by atoms with van der Waals surface area (Å²) in [6, 6.07) is 13.4. The number of rotatable bonds is 4. The third-order valence-electron chi connectivity index (χ3n) is 2.88. The molecule has 0 saturated carbocycles. The number of halogens is 5. The molecule has 0 aliphatic carbocycles. The Balaban J connectivity index is 2.18. The number of hydrogen-bond donors (Lipinski definition) is 2. The van der Waals surface area contributed by atoms with Crippen LogP contribution in [0.15, 0.2) is 48.5 Å². The van der Waals surface area contributed by atoms with Crippen molar-refractivity contribution >= 4 is 69.6 Å². The van der Waals surface area contributed by atoms with E-state index in [0.717, 1.165) is 0 Å². The Bertz CT molecular complexity index is 685. The number of alkyl halides is 3. The lowest BCUT2D eigenvalue weighted by atomic mass is 10.2. The summed E-state index contributed by atoms with van der Waals surface area (Å²) in [5.41, 5.74) is 0.913. The van der Waals surface area contributed by atoms with Gasteiger partial charge in [-0.2, -0.15) is 0 Å². The van der Waals surface area contributed by atoms with Gasteiger partial charge in [0.15, 0.2) is 0 Å². The van der Waals surface area contributed by atoms with E-state index in [1.807, 2.05) is 0 Å². The molecular formula is C15H11Cl5N2O. The van der Waals surface area contributed by atoms with Gasteiger partial charge in [-0.25, -0.2) is 0 Å². The fourth-order valence-electron chi connectivity index (χ4n) is 1.77. The van der Waals surface area contributed by atoms with Crippen molar-refractivity contribution in [2.45, 2.75) is 9.96 Å². The van der Waals surface area contributed by atoms with Gasteiger partial charge in [-0.05, 0) is 36.4 Å². The van der Waals surface area contributed by atoms with Crippen molar-refractivity contribution < 1.29 is 4.79 Å². The maximum atomic E-state index is 12.3. The zero-order valence-corrected chi connectivity index (χ0v) is 15.3. The number of carbonyl (C=O) groups excluding carboxylic acids is 1. The van der Waals surface area contributed by atoms with Crippen molar-refractivity contribution in [1.29, 1.82) is 0 Å². The molecule has 0 fully saturated rings. The van der Waals surface area contributed by atoms with E-state index in [9.17, 15) is 4.79 Å². The second kappa shape index (κ2) is 7.82. The quantitative estimate of drug-likeness (QED) is 0.512. The fraction of sp³-hybridized carbons (Fsp3) is 0.133. The normalized spacial score (nSPS) is 12.6. The predicted molar refractivity (Wildman–Crippen MR) is 98.1 cm³/mol. The average molecular weight is 413 g/mol. The van der Waals surface area contributed by atoms with Crippen LogP contribution < -0.4 is 10.6 Å². The maximum Gasteiger partial charge on any atom is 0.254 e. The van der Waals surface area contributed by atoms with E-state index < -0.39 is 15.9 Å². The number of benzene rings is 2. The molecule has 0 spiro atoms. The highest BCUT2D eigenvalue weighted by Gasteiger charge is 2.34. The lowest BCUT2D eigenvalue weighted by Crippen LogP contribution is -2.49. The maximum absolute atomic E-state index is 12.3. The average Bonchev–Trinajstić information content (AvgIpc) is 2.48. The van der Waals surface area contributed by atoms with Gasteiger partial charge in [0.1, 0.15) is 6.17 Å². The lowest BCUT2D eigenvalue weighted by Gasteiger charge is -2.27. The van der Waals surface area contributed by atoms with Gasteiger partial charge in [0.2, 0.25) is 3.79 Å². The first-order chi connectivity index (χ1) is 10.8. The van der Waals surface area contributed by atoms with Gasteiger partial charge in [-0.3, -0.25) is 4.79 Å². The number of carbonyl (C=O) groups is 1. The van der Waals surface area contributed by atoms with Crippen LogP contribution in [0.4, 0.5) is 5.69 Å². The molecule has 0 radical (unpaired) electrons. The molecule has 0 bridgehead atoms. The van der Waals surface area contributed by atoms with E-state index in [1.165, 1.54) is 0 Å². The summed E-state index contributed by atoms with van der Waals surface area (Å²) in [6.07, 6.45) is -0.975. The lowest BCUT2D eigenvalue weighted by molar-refractivity contribution is 0.0942. The Kier molecular flexibility index (Phi) is 6.29. The highest BCUT2D eigenvalue weighted by Crippen LogP contribution is 2.31. The molecule has 2 aromatic carbocycles. The van der Waals surface area contributed by atoms with Crippen LogP contribution in [0.5, 0.6) is 0 Å². The fourth-order valence-corrected chi connectivity index (χ4v) is 2.44. The summed E-state index contributed by atoms with van der Waals surface area (Å²) in [5.74, 6) is -0.464. The number of hydrogen-bond acceptors (Lipinski definition) is 2. The highest BCUT2D eigenvalue weighted by atomic mass is 35.6. The molecule has 0 heterocycles. The van der Waals surface area contributed by atoms with Crippen LogP contribution in [0, 0.1) is 0 Å². The second-order valence-corrected chi connectivity index (χ2v) is 7.79. The van der Waals surface area contributed by atoms with Gasteiger partial charge in [0.05, 0.1) is 10.6 Å². The van der Waals surface area contributed by atoms with E-state index in [2.05, 4.69) is 10.6 Å². The van der Waals surface area contributed by atoms with Gasteiger partial charge < -0.3 is 10.6 Å². The molecule has 1 atom stereocenters. The van der Waals surface area contributed by atoms with Crippen LogP contribution in [0.3, 0.4) is 0 Å². The Labute approximate surface area is 158 Å². The van der Waals surface area contributed by atoms with Gasteiger partial charge in [-0.1, -0.05) is 70.1 Å². The standard InChI is InChI=1S/C15H11Cl5N2O/c16-9-5-7-10(8-6-9)21-14(15(18,19)20)22-13(23)11-3-1-2-4-12(11)17/h1-8,14,21H,(H,22,23)/t14-/m0/s1. The summed E-state index contributed by atoms with van der Waals surface area (Å²) < 4.78 is -1.78. The van der Waals surface area contributed by atoms with E-state index in [-0.39, 0.29) is 5.56 Å². The molecular weight excluding hydrogens is 401 g/mol. The smallest absolute Gasteiger partial charge is 0.254 e. The molecule has 0 unspecified atom stereocenters. The summed E-state index contributed by atoms with van der Waals surface area (Å²) in [5, 5.41) is 6.43. The topological polar surface area (TPSA) is 41.1 Å². The van der Waals surface area contributed by atoms with Crippen LogP contribution in [0.2, 0.25) is 10.0 Å². The minimum atomic E-state index is -1.78. The number of anilines is 1. The Morgan fingerprint density at radius 1 is 0.957 bits per heavy atom. The van der Waals surface area contributed by atoms with E-state index >= 15 is 0 Å². The molecule has 0 aliphatic heterocycles. The minimum absolute atomic E-state index is 0.284. The molecule has 0 aliphatic rings. The molecule has 1 amide bonds. The van der Waals surface area contributed by atoms with Crippen molar-refractivity contribution in [1.82, 2.24) is 5.32 Å². The first-order valence-electron chi connectivity index (χ1n) is 6.41.